The van der Waals surface area contributed by atoms with Gasteiger partial charge in [0.15, 0.2) is 0 Å². The van der Waals surface area contributed by atoms with Gasteiger partial charge in [0.1, 0.15) is 0 Å². The largest absolute Gasteiger partial charge is 0.354 e. The Hall–Kier alpha value is -2.27. The minimum atomic E-state index is 0.0144. The van der Waals surface area contributed by atoms with E-state index in [1.807, 2.05) is 31.2 Å². The van der Waals surface area contributed by atoms with Gasteiger partial charge in [-0.05, 0) is 36.8 Å². The van der Waals surface area contributed by atoms with Gasteiger partial charge < -0.3 is 4.98 Å². The molecular formula is C14H9NO. The van der Waals surface area contributed by atoms with Crippen molar-refractivity contribution in [3.63, 3.8) is 0 Å². The summed E-state index contributed by atoms with van der Waals surface area (Å²) in [6.45, 7) is 2.01. The van der Waals surface area contributed by atoms with Crippen LogP contribution in [0.5, 0.6) is 0 Å². The van der Waals surface area contributed by atoms with Crippen molar-refractivity contribution in [2.45, 2.75) is 6.92 Å². The summed E-state index contributed by atoms with van der Waals surface area (Å²) in [5.41, 5.74) is 7.68. The van der Waals surface area contributed by atoms with Crippen LogP contribution < -0.4 is 16.0 Å². The first-order chi connectivity index (χ1) is 7.75. The van der Waals surface area contributed by atoms with Crippen molar-refractivity contribution in [1.82, 2.24) is 4.98 Å². The highest BCUT2D eigenvalue weighted by molar-refractivity contribution is 5.79. The Labute approximate surface area is 91.6 Å². The normalized spacial score (nSPS) is 12.1. The van der Waals surface area contributed by atoms with Gasteiger partial charge in [-0.2, -0.15) is 0 Å². The van der Waals surface area contributed by atoms with Gasteiger partial charge in [-0.1, -0.05) is 17.5 Å². The molecule has 0 spiro atoms. The van der Waals surface area contributed by atoms with Gasteiger partial charge >= 0.3 is 0 Å². The first kappa shape index (κ1) is 8.99. The van der Waals surface area contributed by atoms with Crippen molar-refractivity contribution in [2.75, 3.05) is 0 Å². The molecule has 0 bridgehead atoms. The molecule has 16 heavy (non-hydrogen) atoms. The maximum Gasteiger partial charge on any atom is 0.205 e. The quantitative estimate of drug-likeness (QED) is 0.634. The number of aromatic amines is 1. The van der Waals surface area contributed by atoms with Crippen molar-refractivity contribution in [2.24, 2.45) is 0 Å². The molecule has 76 valence electrons. The second kappa shape index (κ2) is 3.11. The summed E-state index contributed by atoms with van der Waals surface area (Å²) in [6, 6.07) is 5.77. The highest BCUT2D eigenvalue weighted by Crippen LogP contribution is 2.06. The topological polar surface area (TPSA) is 32.9 Å². The van der Waals surface area contributed by atoms with E-state index in [4.69, 9.17) is 0 Å². The molecule has 1 aliphatic carbocycles. The van der Waals surface area contributed by atoms with Crippen molar-refractivity contribution >= 4 is 22.7 Å². The third-order valence-corrected chi connectivity index (χ3v) is 2.72. The van der Waals surface area contributed by atoms with E-state index in [0.29, 0.717) is 10.6 Å². The second-order valence-corrected chi connectivity index (χ2v) is 3.89. The molecular weight excluding hydrogens is 198 g/mol. The predicted molar refractivity (Wildman–Crippen MR) is 64.5 cm³/mol. The van der Waals surface area contributed by atoms with Crippen LogP contribution in [0.2, 0.25) is 0 Å². The fourth-order valence-electron chi connectivity index (χ4n) is 1.91. The fourth-order valence-corrected chi connectivity index (χ4v) is 1.91. The molecule has 0 fully saturated rings. The molecule has 0 saturated carbocycles. The Bertz CT molecular complexity index is 843. The van der Waals surface area contributed by atoms with E-state index < -0.39 is 0 Å². The zero-order valence-corrected chi connectivity index (χ0v) is 8.79. The molecule has 0 unspecified atom stereocenters. The van der Waals surface area contributed by atoms with Crippen LogP contribution in [0.15, 0.2) is 34.8 Å². The molecule has 0 aliphatic heterocycles. The maximum atomic E-state index is 12.1. The van der Waals surface area contributed by atoms with E-state index in [1.54, 1.807) is 6.08 Å². The average Bonchev–Trinajstić information content (AvgIpc) is 2.29. The molecule has 2 aromatic rings. The fraction of sp³-hybridized carbons (Fsp3) is 0.0714. The number of hydrogen-bond donors (Lipinski definition) is 1. The molecule has 2 nitrogen and oxygen atoms in total. The minimum Gasteiger partial charge on any atom is -0.354 e. The summed E-state index contributed by atoms with van der Waals surface area (Å²) < 4.78 is 0. The number of aryl methyl sites for hydroxylation is 1. The summed E-state index contributed by atoms with van der Waals surface area (Å²) >= 11 is 0. The van der Waals surface area contributed by atoms with Gasteiger partial charge in [0.2, 0.25) is 5.43 Å². The van der Waals surface area contributed by atoms with Gasteiger partial charge in [-0.3, -0.25) is 4.79 Å². The lowest BCUT2D eigenvalue weighted by molar-refractivity contribution is 1.26. The molecule has 1 aromatic heterocycles. The smallest absolute Gasteiger partial charge is 0.205 e. The highest BCUT2D eigenvalue weighted by Gasteiger charge is 2.02. The van der Waals surface area contributed by atoms with E-state index in [1.165, 1.54) is 0 Å². The van der Waals surface area contributed by atoms with E-state index in [0.717, 1.165) is 16.4 Å². The zero-order valence-electron chi connectivity index (χ0n) is 8.79. The molecule has 0 atom stereocenters. The van der Waals surface area contributed by atoms with Crippen LogP contribution in [0.4, 0.5) is 0 Å². The van der Waals surface area contributed by atoms with E-state index in [9.17, 15) is 4.79 Å². The average molecular weight is 207 g/mol. The standard InChI is InChI=1S/C14H9NO/c1-9-6-7-11-13(8-9)15-12-5-3-2-4-10(12)14(11)16/h3,5-8H,1H3,(H,15,16). The Morgan fingerprint density at radius 3 is 3.06 bits per heavy atom. The maximum absolute atomic E-state index is 12.1. The summed E-state index contributed by atoms with van der Waals surface area (Å²) in [5, 5.41) is 2.08. The van der Waals surface area contributed by atoms with Crippen LogP contribution in [0, 0.1) is 6.92 Å². The van der Waals surface area contributed by atoms with Crippen LogP contribution in [0.3, 0.4) is 0 Å². The number of allylic oxidation sites excluding steroid dienone is 1. The summed E-state index contributed by atoms with van der Waals surface area (Å²) in [6.07, 6.45) is 3.59. The monoisotopic (exact) mass is 207 g/mol. The van der Waals surface area contributed by atoms with Crippen molar-refractivity contribution in [3.8, 4) is 0 Å². The van der Waals surface area contributed by atoms with Gasteiger partial charge in [-0.25, -0.2) is 0 Å². The minimum absolute atomic E-state index is 0.0144. The molecule has 1 aromatic carbocycles. The number of benzene rings is 1. The Kier molecular flexibility index (Phi) is 1.75. The number of aromatic nitrogens is 1. The molecule has 0 radical (unpaired) electrons. The highest BCUT2D eigenvalue weighted by atomic mass is 16.1. The Morgan fingerprint density at radius 1 is 1.31 bits per heavy atom. The lowest BCUT2D eigenvalue weighted by Crippen LogP contribution is -2.40. The predicted octanol–water partition coefficient (Wildman–Crippen LogP) is 0.721. The number of nitrogens with one attached hydrogen (secondary N) is 1. The summed E-state index contributed by atoms with van der Waals surface area (Å²) in [7, 11) is 0. The molecule has 2 heteroatoms. The Morgan fingerprint density at radius 2 is 2.19 bits per heavy atom. The van der Waals surface area contributed by atoms with E-state index >= 15 is 0 Å². The van der Waals surface area contributed by atoms with E-state index in [-0.39, 0.29) is 5.43 Å². The molecule has 3 rings (SSSR count). The third kappa shape index (κ3) is 1.19. The van der Waals surface area contributed by atoms with Crippen LogP contribution in [0.1, 0.15) is 5.56 Å². The van der Waals surface area contributed by atoms with Gasteiger partial charge in [0.05, 0.1) is 16.1 Å². The molecule has 0 saturated heterocycles. The molecule has 1 heterocycles. The van der Waals surface area contributed by atoms with Gasteiger partial charge in [0.25, 0.3) is 0 Å². The van der Waals surface area contributed by atoms with Gasteiger partial charge in [-0.15, -0.1) is 0 Å². The second-order valence-electron chi connectivity index (χ2n) is 3.89. The Balaban J connectivity index is 2.71. The number of hydrogen-bond acceptors (Lipinski definition) is 1. The zero-order chi connectivity index (χ0) is 11.1. The van der Waals surface area contributed by atoms with Crippen LogP contribution >= 0.6 is 0 Å². The van der Waals surface area contributed by atoms with Crippen LogP contribution in [-0.2, 0) is 0 Å². The van der Waals surface area contributed by atoms with Crippen LogP contribution in [-0.4, -0.2) is 4.98 Å². The lowest BCUT2D eigenvalue weighted by atomic mass is 10.1. The number of H-pyrrole nitrogens is 1. The molecule has 1 aliphatic rings. The first-order valence-electron chi connectivity index (χ1n) is 5.10. The number of fused-ring (bicyclic) bond motifs is 2. The number of rotatable bonds is 0. The van der Waals surface area contributed by atoms with Crippen molar-refractivity contribution in [3.05, 3.63) is 56.4 Å². The summed E-state index contributed by atoms with van der Waals surface area (Å²) in [4.78, 5) is 15.4. The van der Waals surface area contributed by atoms with E-state index in [2.05, 4.69) is 16.4 Å². The van der Waals surface area contributed by atoms with Crippen molar-refractivity contribution in [1.29, 1.82) is 0 Å². The molecule has 0 amide bonds. The van der Waals surface area contributed by atoms with Gasteiger partial charge in [0, 0.05) is 5.39 Å². The summed E-state index contributed by atoms with van der Waals surface area (Å²) in [5.74, 6) is 0. The van der Waals surface area contributed by atoms with Crippen molar-refractivity contribution < 1.29 is 0 Å². The number of pyridine rings is 1. The van der Waals surface area contributed by atoms with Crippen LogP contribution in [0.25, 0.3) is 22.7 Å². The first-order valence-corrected chi connectivity index (χ1v) is 5.10. The third-order valence-electron chi connectivity index (χ3n) is 2.72. The SMILES string of the molecule is Cc1ccc2c(=O)c3c([nH]c2c1)=CC=C=C=3. The lowest BCUT2D eigenvalue weighted by Gasteiger charge is -2.00. The molecule has 1 N–H and O–H groups in total.